The standard InChI is InChI=1S/C14H20N2OS/c1-10-4-6-15-13(10)14(17)16-7-2-3-12(16)11-5-8-18-9-11/h5,8-10,12-13,15H,2-4,6-7H2,1H3. The second kappa shape index (κ2) is 5.02. The maximum atomic E-state index is 12.6. The van der Waals surface area contributed by atoms with E-state index in [1.54, 1.807) is 11.3 Å². The SMILES string of the molecule is CC1CCNC1C(=O)N1CCCC1c1ccsc1. The van der Waals surface area contributed by atoms with Gasteiger partial charge in [-0.2, -0.15) is 11.3 Å². The fourth-order valence-corrected chi connectivity index (χ4v) is 3.89. The Morgan fingerprint density at radius 2 is 2.39 bits per heavy atom. The van der Waals surface area contributed by atoms with E-state index < -0.39 is 0 Å². The summed E-state index contributed by atoms with van der Waals surface area (Å²) in [6.07, 6.45) is 3.37. The van der Waals surface area contributed by atoms with Crippen LogP contribution in [0.1, 0.15) is 37.8 Å². The van der Waals surface area contributed by atoms with E-state index in [9.17, 15) is 4.79 Å². The molecule has 0 spiro atoms. The van der Waals surface area contributed by atoms with Gasteiger partial charge in [-0.3, -0.25) is 4.79 Å². The van der Waals surface area contributed by atoms with Gasteiger partial charge < -0.3 is 10.2 Å². The number of hydrogen-bond acceptors (Lipinski definition) is 3. The molecule has 2 saturated heterocycles. The molecule has 98 valence electrons. The second-order valence-corrected chi connectivity index (χ2v) is 6.22. The van der Waals surface area contributed by atoms with Gasteiger partial charge in [-0.25, -0.2) is 0 Å². The molecule has 1 amide bonds. The molecule has 3 unspecified atom stereocenters. The van der Waals surface area contributed by atoms with Gasteiger partial charge in [0.1, 0.15) is 0 Å². The predicted octanol–water partition coefficient (Wildman–Crippen LogP) is 2.41. The van der Waals surface area contributed by atoms with Gasteiger partial charge in [-0.15, -0.1) is 0 Å². The van der Waals surface area contributed by atoms with E-state index in [2.05, 4.69) is 34.0 Å². The van der Waals surface area contributed by atoms with Crippen LogP contribution in [0.15, 0.2) is 16.8 Å². The van der Waals surface area contributed by atoms with Crippen LogP contribution in [0.25, 0.3) is 0 Å². The van der Waals surface area contributed by atoms with Crippen molar-refractivity contribution in [2.45, 2.75) is 38.3 Å². The van der Waals surface area contributed by atoms with Crippen molar-refractivity contribution in [2.75, 3.05) is 13.1 Å². The van der Waals surface area contributed by atoms with Crippen LogP contribution in [0.4, 0.5) is 0 Å². The average molecular weight is 264 g/mol. The summed E-state index contributed by atoms with van der Waals surface area (Å²) < 4.78 is 0. The van der Waals surface area contributed by atoms with Crippen molar-refractivity contribution in [2.24, 2.45) is 5.92 Å². The highest BCUT2D eigenvalue weighted by Crippen LogP contribution is 2.34. The van der Waals surface area contributed by atoms with Gasteiger partial charge in [-0.1, -0.05) is 6.92 Å². The smallest absolute Gasteiger partial charge is 0.240 e. The first-order chi connectivity index (χ1) is 8.77. The number of hydrogen-bond donors (Lipinski definition) is 1. The van der Waals surface area contributed by atoms with Gasteiger partial charge in [0.25, 0.3) is 0 Å². The molecule has 0 saturated carbocycles. The molecule has 2 aliphatic rings. The quantitative estimate of drug-likeness (QED) is 0.889. The lowest BCUT2D eigenvalue weighted by Gasteiger charge is -2.28. The Hall–Kier alpha value is -0.870. The second-order valence-electron chi connectivity index (χ2n) is 5.44. The molecule has 2 aliphatic heterocycles. The zero-order valence-corrected chi connectivity index (χ0v) is 11.6. The molecule has 3 nitrogen and oxygen atoms in total. The van der Waals surface area contributed by atoms with Crippen LogP contribution in [0.2, 0.25) is 0 Å². The molecule has 4 heteroatoms. The van der Waals surface area contributed by atoms with E-state index in [-0.39, 0.29) is 6.04 Å². The number of thiophene rings is 1. The highest BCUT2D eigenvalue weighted by atomic mass is 32.1. The third-order valence-electron chi connectivity index (χ3n) is 4.26. The summed E-state index contributed by atoms with van der Waals surface area (Å²) in [5.74, 6) is 0.787. The average Bonchev–Trinajstić information content (AvgIpc) is 3.09. The van der Waals surface area contributed by atoms with Crippen molar-refractivity contribution in [1.29, 1.82) is 0 Å². The molecule has 18 heavy (non-hydrogen) atoms. The molecule has 0 radical (unpaired) electrons. The zero-order valence-electron chi connectivity index (χ0n) is 10.8. The molecule has 0 bridgehead atoms. The number of nitrogens with zero attached hydrogens (tertiary/aromatic N) is 1. The Morgan fingerprint density at radius 3 is 3.06 bits per heavy atom. The van der Waals surface area contributed by atoms with Gasteiger partial charge in [0, 0.05) is 6.54 Å². The molecule has 0 aromatic carbocycles. The normalized spacial score (nSPS) is 32.1. The lowest BCUT2D eigenvalue weighted by Crippen LogP contribution is -2.45. The Morgan fingerprint density at radius 1 is 1.50 bits per heavy atom. The highest BCUT2D eigenvalue weighted by Gasteiger charge is 2.37. The number of amides is 1. The van der Waals surface area contributed by atoms with Crippen LogP contribution in [-0.2, 0) is 4.79 Å². The molecule has 1 aromatic rings. The van der Waals surface area contributed by atoms with E-state index in [0.29, 0.717) is 17.9 Å². The molecule has 3 atom stereocenters. The van der Waals surface area contributed by atoms with Crippen LogP contribution in [0.5, 0.6) is 0 Å². The van der Waals surface area contributed by atoms with Gasteiger partial charge in [0.15, 0.2) is 0 Å². The summed E-state index contributed by atoms with van der Waals surface area (Å²) in [6.45, 7) is 4.08. The van der Waals surface area contributed by atoms with Crippen molar-refractivity contribution in [3.05, 3.63) is 22.4 Å². The maximum Gasteiger partial charge on any atom is 0.240 e. The Labute approximate surface area is 112 Å². The van der Waals surface area contributed by atoms with E-state index in [1.165, 1.54) is 5.56 Å². The number of carbonyl (C=O) groups is 1. The van der Waals surface area contributed by atoms with Crippen molar-refractivity contribution >= 4 is 17.2 Å². The molecule has 1 N–H and O–H groups in total. The van der Waals surface area contributed by atoms with Crippen molar-refractivity contribution in [3.8, 4) is 0 Å². The summed E-state index contributed by atoms with van der Waals surface area (Å²) >= 11 is 1.72. The minimum Gasteiger partial charge on any atom is -0.334 e. The summed E-state index contributed by atoms with van der Waals surface area (Å²) in [6, 6.07) is 2.52. The van der Waals surface area contributed by atoms with Gasteiger partial charge in [0.2, 0.25) is 5.91 Å². The Kier molecular flexibility index (Phi) is 3.39. The van der Waals surface area contributed by atoms with Crippen LogP contribution < -0.4 is 5.32 Å². The largest absolute Gasteiger partial charge is 0.334 e. The highest BCUT2D eigenvalue weighted by molar-refractivity contribution is 7.07. The van der Waals surface area contributed by atoms with E-state index >= 15 is 0 Å². The topological polar surface area (TPSA) is 32.3 Å². The first-order valence-corrected chi connectivity index (χ1v) is 7.77. The van der Waals surface area contributed by atoms with Gasteiger partial charge >= 0.3 is 0 Å². The number of likely N-dealkylation sites (tertiary alicyclic amines) is 1. The minimum absolute atomic E-state index is 0.0456. The molecular formula is C14H20N2OS. The van der Waals surface area contributed by atoms with E-state index in [1.807, 2.05) is 0 Å². The third kappa shape index (κ3) is 2.08. The van der Waals surface area contributed by atoms with Crippen molar-refractivity contribution in [1.82, 2.24) is 10.2 Å². The van der Waals surface area contributed by atoms with E-state index in [0.717, 1.165) is 32.4 Å². The lowest BCUT2D eigenvalue weighted by atomic mass is 10.0. The van der Waals surface area contributed by atoms with Gasteiger partial charge in [0.05, 0.1) is 12.1 Å². The summed E-state index contributed by atoms with van der Waals surface area (Å²) in [5, 5.41) is 7.65. The molecule has 1 aromatic heterocycles. The van der Waals surface area contributed by atoms with Crippen LogP contribution >= 0.6 is 11.3 Å². The first kappa shape index (κ1) is 12.2. The predicted molar refractivity (Wildman–Crippen MR) is 73.6 cm³/mol. The zero-order chi connectivity index (χ0) is 12.5. The number of carbonyl (C=O) groups excluding carboxylic acids is 1. The summed E-state index contributed by atoms with van der Waals surface area (Å²) in [4.78, 5) is 14.7. The number of nitrogens with one attached hydrogen (secondary N) is 1. The lowest BCUT2D eigenvalue weighted by molar-refractivity contribution is -0.134. The summed E-state index contributed by atoms with van der Waals surface area (Å²) in [5.41, 5.74) is 1.32. The van der Waals surface area contributed by atoms with Gasteiger partial charge in [-0.05, 0) is 54.1 Å². The monoisotopic (exact) mass is 264 g/mol. The summed E-state index contributed by atoms with van der Waals surface area (Å²) in [7, 11) is 0. The molecule has 2 fully saturated rings. The van der Waals surface area contributed by atoms with Crippen LogP contribution in [-0.4, -0.2) is 29.9 Å². The Balaban J connectivity index is 1.76. The van der Waals surface area contributed by atoms with Crippen molar-refractivity contribution < 1.29 is 4.79 Å². The maximum absolute atomic E-state index is 12.6. The third-order valence-corrected chi connectivity index (χ3v) is 4.96. The van der Waals surface area contributed by atoms with Crippen molar-refractivity contribution in [3.63, 3.8) is 0 Å². The first-order valence-electron chi connectivity index (χ1n) is 6.83. The fraction of sp³-hybridized carbons (Fsp3) is 0.643. The number of rotatable bonds is 2. The minimum atomic E-state index is 0.0456. The van der Waals surface area contributed by atoms with E-state index in [4.69, 9.17) is 0 Å². The molecule has 3 rings (SSSR count). The molecular weight excluding hydrogens is 244 g/mol. The fourth-order valence-electron chi connectivity index (χ4n) is 3.19. The molecule has 3 heterocycles. The molecule has 0 aliphatic carbocycles. The van der Waals surface area contributed by atoms with Crippen LogP contribution in [0.3, 0.4) is 0 Å². The Bertz CT molecular complexity index is 417. The van der Waals surface area contributed by atoms with Crippen LogP contribution in [0, 0.1) is 5.92 Å².